The standard InChI is InChI=1S/C21H28N2O5S2/c1-14(2)6-9-21(7-3-8-21)17(24)5-4-15-12-28-20(27)23(15)10-11-29-19-22-16(13-30-19)18(25)26/h4-6,13,15,17,24H,3,7-12H2,1-2H3,(H,25,26)/t15-,17+/m0/s1. The predicted molar refractivity (Wildman–Crippen MR) is 117 cm³/mol. The lowest BCUT2D eigenvalue weighted by Gasteiger charge is -2.44. The first-order chi connectivity index (χ1) is 14.3. The van der Waals surface area contributed by atoms with Crippen molar-refractivity contribution in [2.75, 3.05) is 18.9 Å². The normalized spacial score (nSPS) is 21.4. The Balaban J connectivity index is 1.54. The van der Waals surface area contributed by atoms with Gasteiger partial charge in [-0.3, -0.25) is 4.90 Å². The fraction of sp³-hybridized carbons (Fsp3) is 0.571. The molecular formula is C21H28N2O5S2. The van der Waals surface area contributed by atoms with Crippen LogP contribution in [0, 0.1) is 5.41 Å². The number of thioether (sulfide) groups is 1. The van der Waals surface area contributed by atoms with Gasteiger partial charge in [-0.15, -0.1) is 11.3 Å². The predicted octanol–water partition coefficient (Wildman–Crippen LogP) is 4.20. The van der Waals surface area contributed by atoms with Crippen molar-refractivity contribution in [1.29, 1.82) is 0 Å². The molecule has 0 bridgehead atoms. The number of carboxylic acids is 1. The Bertz CT molecular complexity index is 827. The van der Waals surface area contributed by atoms with Gasteiger partial charge in [0.2, 0.25) is 0 Å². The molecular weight excluding hydrogens is 424 g/mol. The van der Waals surface area contributed by atoms with Crippen molar-refractivity contribution < 1.29 is 24.5 Å². The van der Waals surface area contributed by atoms with E-state index in [0.29, 0.717) is 16.6 Å². The summed E-state index contributed by atoms with van der Waals surface area (Å²) in [6, 6.07) is -0.209. The first-order valence-electron chi connectivity index (χ1n) is 10.1. The number of nitrogens with zero attached hydrogens (tertiary/aromatic N) is 2. The Kier molecular flexibility index (Phi) is 7.60. The van der Waals surface area contributed by atoms with Crippen LogP contribution >= 0.6 is 23.1 Å². The second kappa shape index (κ2) is 9.98. The van der Waals surface area contributed by atoms with Gasteiger partial charge >= 0.3 is 12.1 Å². The van der Waals surface area contributed by atoms with E-state index in [1.165, 1.54) is 34.1 Å². The van der Waals surface area contributed by atoms with Crippen molar-refractivity contribution in [1.82, 2.24) is 9.88 Å². The molecule has 7 nitrogen and oxygen atoms in total. The highest BCUT2D eigenvalue weighted by molar-refractivity contribution is 8.01. The van der Waals surface area contributed by atoms with E-state index in [1.54, 1.807) is 4.90 Å². The maximum Gasteiger partial charge on any atom is 0.410 e. The summed E-state index contributed by atoms with van der Waals surface area (Å²) in [5.74, 6) is -0.460. The minimum absolute atomic E-state index is 0.0379. The number of thiazole rings is 1. The molecule has 2 atom stereocenters. The maximum atomic E-state index is 12.1. The third-order valence-electron chi connectivity index (χ3n) is 5.68. The van der Waals surface area contributed by atoms with E-state index in [9.17, 15) is 14.7 Å². The SMILES string of the molecule is CC(C)=CCC1([C@H](O)C=C[C@H]2COC(=O)N2CCSc2nc(C(=O)O)cs2)CCC1. The van der Waals surface area contributed by atoms with Gasteiger partial charge < -0.3 is 14.9 Å². The minimum atomic E-state index is -1.04. The Morgan fingerprint density at radius 3 is 2.87 bits per heavy atom. The zero-order valence-corrected chi connectivity index (χ0v) is 18.9. The lowest BCUT2D eigenvalue weighted by atomic mass is 9.63. The van der Waals surface area contributed by atoms with Crippen LogP contribution in [-0.2, 0) is 4.74 Å². The van der Waals surface area contributed by atoms with Crippen LogP contribution in [0.25, 0.3) is 0 Å². The molecule has 2 fully saturated rings. The van der Waals surface area contributed by atoms with Crippen molar-refractivity contribution in [3.63, 3.8) is 0 Å². The summed E-state index contributed by atoms with van der Waals surface area (Å²) < 4.78 is 5.86. The number of aliphatic hydroxyl groups excluding tert-OH is 1. The average molecular weight is 453 g/mol. The van der Waals surface area contributed by atoms with Crippen molar-refractivity contribution in [3.05, 3.63) is 34.9 Å². The number of aromatic carboxylic acids is 1. The maximum absolute atomic E-state index is 12.1. The summed E-state index contributed by atoms with van der Waals surface area (Å²) in [5, 5.41) is 21.2. The number of carbonyl (C=O) groups is 2. The summed E-state index contributed by atoms with van der Waals surface area (Å²) in [6.45, 7) is 4.87. The van der Waals surface area contributed by atoms with E-state index >= 15 is 0 Å². The molecule has 1 saturated heterocycles. The zero-order valence-electron chi connectivity index (χ0n) is 17.2. The van der Waals surface area contributed by atoms with Gasteiger partial charge in [0.1, 0.15) is 6.61 Å². The highest BCUT2D eigenvalue weighted by atomic mass is 32.2. The quantitative estimate of drug-likeness (QED) is 0.405. The van der Waals surface area contributed by atoms with E-state index < -0.39 is 12.1 Å². The number of rotatable bonds is 10. The molecule has 3 rings (SSSR count). The molecule has 0 aromatic carbocycles. The molecule has 2 aliphatic rings. The van der Waals surface area contributed by atoms with Crippen molar-refractivity contribution in [2.45, 2.75) is 56.0 Å². The highest BCUT2D eigenvalue weighted by Gasteiger charge is 2.41. The molecule has 2 heterocycles. The van der Waals surface area contributed by atoms with Gasteiger partial charge in [0.15, 0.2) is 10.0 Å². The number of carbonyl (C=O) groups excluding carboxylic acids is 1. The number of hydrogen-bond donors (Lipinski definition) is 2. The zero-order chi connectivity index (χ0) is 21.7. The molecule has 30 heavy (non-hydrogen) atoms. The number of ether oxygens (including phenoxy) is 1. The van der Waals surface area contributed by atoms with E-state index in [4.69, 9.17) is 9.84 Å². The Hall–Kier alpha value is -1.84. The van der Waals surface area contributed by atoms with E-state index in [1.807, 2.05) is 12.2 Å². The number of cyclic esters (lactones) is 1. The largest absolute Gasteiger partial charge is 0.476 e. The Morgan fingerprint density at radius 2 is 2.27 bits per heavy atom. The number of aliphatic hydroxyl groups is 1. The molecule has 0 spiro atoms. The van der Waals surface area contributed by atoms with E-state index in [0.717, 1.165) is 25.7 Å². The summed E-state index contributed by atoms with van der Waals surface area (Å²) in [4.78, 5) is 28.7. The fourth-order valence-corrected chi connectivity index (χ4v) is 5.44. The molecule has 1 aromatic heterocycles. The average Bonchev–Trinajstić information content (AvgIpc) is 3.26. The third kappa shape index (κ3) is 5.44. The number of carboxylic acid groups (broad SMARTS) is 1. The molecule has 1 aliphatic heterocycles. The monoisotopic (exact) mass is 452 g/mol. The molecule has 1 aromatic rings. The molecule has 1 amide bonds. The van der Waals surface area contributed by atoms with Crippen molar-refractivity contribution >= 4 is 35.2 Å². The Labute approximate surface area is 184 Å². The molecule has 1 aliphatic carbocycles. The lowest BCUT2D eigenvalue weighted by Crippen LogP contribution is -2.40. The van der Waals surface area contributed by atoms with Crippen molar-refractivity contribution in [3.8, 4) is 0 Å². The summed E-state index contributed by atoms with van der Waals surface area (Å²) >= 11 is 2.69. The topological polar surface area (TPSA) is 100.0 Å². The van der Waals surface area contributed by atoms with Gasteiger partial charge in [-0.2, -0.15) is 0 Å². The fourth-order valence-electron chi connectivity index (χ4n) is 3.63. The smallest absolute Gasteiger partial charge is 0.410 e. The molecule has 0 unspecified atom stereocenters. The van der Waals surface area contributed by atoms with Crippen LogP contribution in [-0.4, -0.2) is 63.2 Å². The molecule has 9 heteroatoms. The highest BCUT2D eigenvalue weighted by Crippen LogP contribution is 2.47. The Morgan fingerprint density at radius 1 is 1.50 bits per heavy atom. The van der Waals surface area contributed by atoms with E-state index in [2.05, 4.69) is 24.9 Å². The van der Waals surface area contributed by atoms with Crippen LogP contribution in [0.3, 0.4) is 0 Å². The van der Waals surface area contributed by atoms with Crippen LogP contribution < -0.4 is 0 Å². The first kappa shape index (κ1) is 22.8. The van der Waals surface area contributed by atoms with Gasteiger partial charge in [0.25, 0.3) is 0 Å². The second-order valence-corrected chi connectivity index (χ2v) is 10.2. The minimum Gasteiger partial charge on any atom is -0.476 e. The number of allylic oxidation sites excluding steroid dienone is 2. The molecule has 1 saturated carbocycles. The van der Waals surface area contributed by atoms with Gasteiger partial charge in [0.05, 0.1) is 12.1 Å². The van der Waals surface area contributed by atoms with Crippen LogP contribution in [0.4, 0.5) is 4.79 Å². The summed E-state index contributed by atoms with van der Waals surface area (Å²) in [6.07, 6.45) is 9.01. The van der Waals surface area contributed by atoms with Crippen LogP contribution in [0.1, 0.15) is 50.0 Å². The third-order valence-corrected chi connectivity index (χ3v) is 7.68. The van der Waals surface area contributed by atoms with E-state index in [-0.39, 0.29) is 29.9 Å². The number of amides is 1. The van der Waals surface area contributed by atoms with Crippen LogP contribution in [0.2, 0.25) is 0 Å². The molecule has 164 valence electrons. The van der Waals surface area contributed by atoms with Gasteiger partial charge in [0, 0.05) is 23.1 Å². The summed E-state index contributed by atoms with van der Waals surface area (Å²) in [5.41, 5.74) is 1.20. The molecule has 0 radical (unpaired) electrons. The van der Waals surface area contributed by atoms with Crippen LogP contribution in [0.15, 0.2) is 33.5 Å². The van der Waals surface area contributed by atoms with Gasteiger partial charge in [-0.05, 0) is 33.1 Å². The lowest BCUT2D eigenvalue weighted by molar-refractivity contribution is -0.00305. The van der Waals surface area contributed by atoms with Gasteiger partial charge in [-0.1, -0.05) is 42.0 Å². The number of hydrogen-bond acceptors (Lipinski definition) is 7. The molecule has 2 N–H and O–H groups in total. The van der Waals surface area contributed by atoms with Gasteiger partial charge in [-0.25, -0.2) is 14.6 Å². The summed E-state index contributed by atoms with van der Waals surface area (Å²) in [7, 11) is 0. The van der Waals surface area contributed by atoms with Crippen molar-refractivity contribution in [2.24, 2.45) is 5.41 Å². The van der Waals surface area contributed by atoms with Crippen LogP contribution in [0.5, 0.6) is 0 Å². The first-order valence-corrected chi connectivity index (χ1v) is 11.9. The number of aromatic nitrogens is 1. The second-order valence-electron chi connectivity index (χ2n) is 8.02.